The van der Waals surface area contributed by atoms with E-state index in [4.69, 9.17) is 11.6 Å². The van der Waals surface area contributed by atoms with Crippen LogP contribution in [0.2, 0.25) is 5.02 Å². The highest BCUT2D eigenvalue weighted by atomic mass is 35.5. The van der Waals surface area contributed by atoms with E-state index in [2.05, 4.69) is 12.2 Å². The maximum absolute atomic E-state index is 12.1. The molecule has 0 unspecified atom stereocenters. The van der Waals surface area contributed by atoms with E-state index in [-0.39, 0.29) is 5.91 Å². The predicted molar refractivity (Wildman–Crippen MR) is 84.3 cm³/mol. The summed E-state index contributed by atoms with van der Waals surface area (Å²) >= 11 is 6.08. The molecule has 0 spiro atoms. The van der Waals surface area contributed by atoms with Gasteiger partial charge < -0.3 is 10.2 Å². The molecule has 1 aromatic rings. The number of hydrogen-bond acceptors (Lipinski definition) is 2. The Balaban J connectivity index is 1.75. The SMILES string of the molecule is Cc1ccc(NCCC(=O)N2CCC(C)CC2)cc1Cl. The lowest BCUT2D eigenvalue weighted by Gasteiger charge is -2.30. The monoisotopic (exact) mass is 294 g/mol. The Bertz CT molecular complexity index is 468. The fourth-order valence-electron chi connectivity index (χ4n) is 2.43. The van der Waals surface area contributed by atoms with E-state index in [1.807, 2.05) is 30.0 Å². The maximum Gasteiger partial charge on any atom is 0.224 e. The number of nitrogens with one attached hydrogen (secondary N) is 1. The van der Waals surface area contributed by atoms with E-state index in [9.17, 15) is 4.79 Å². The Labute approximate surface area is 126 Å². The van der Waals surface area contributed by atoms with Crippen molar-refractivity contribution in [3.63, 3.8) is 0 Å². The van der Waals surface area contributed by atoms with Gasteiger partial charge in [0.2, 0.25) is 5.91 Å². The molecular formula is C16H23ClN2O. The van der Waals surface area contributed by atoms with Gasteiger partial charge in [-0.05, 0) is 43.4 Å². The Hall–Kier alpha value is -1.22. The van der Waals surface area contributed by atoms with Gasteiger partial charge in [-0.2, -0.15) is 0 Å². The first-order chi connectivity index (χ1) is 9.56. The van der Waals surface area contributed by atoms with Crippen LogP contribution >= 0.6 is 11.6 Å². The minimum atomic E-state index is 0.252. The zero-order chi connectivity index (χ0) is 14.5. The predicted octanol–water partition coefficient (Wildman–Crippen LogP) is 3.71. The van der Waals surface area contributed by atoms with Gasteiger partial charge in [0.1, 0.15) is 0 Å². The number of likely N-dealkylation sites (tertiary alicyclic amines) is 1. The van der Waals surface area contributed by atoms with Crippen LogP contribution in [0.4, 0.5) is 5.69 Å². The quantitative estimate of drug-likeness (QED) is 0.918. The average Bonchev–Trinajstić information content (AvgIpc) is 2.43. The van der Waals surface area contributed by atoms with E-state index in [0.29, 0.717) is 13.0 Å². The van der Waals surface area contributed by atoms with E-state index in [0.717, 1.165) is 48.1 Å². The molecular weight excluding hydrogens is 272 g/mol. The smallest absolute Gasteiger partial charge is 0.224 e. The number of benzene rings is 1. The van der Waals surface area contributed by atoms with Crippen LogP contribution in [0.15, 0.2) is 18.2 Å². The first kappa shape index (κ1) is 15.2. The number of nitrogens with zero attached hydrogens (tertiary/aromatic N) is 1. The van der Waals surface area contributed by atoms with Crippen LogP contribution in [0, 0.1) is 12.8 Å². The van der Waals surface area contributed by atoms with Crippen molar-refractivity contribution >= 4 is 23.2 Å². The molecule has 4 heteroatoms. The van der Waals surface area contributed by atoms with E-state index in [1.165, 1.54) is 0 Å². The summed E-state index contributed by atoms with van der Waals surface area (Å²) in [5.41, 5.74) is 2.04. The third-order valence-corrected chi connectivity index (χ3v) is 4.38. The average molecular weight is 295 g/mol. The number of hydrogen-bond donors (Lipinski definition) is 1. The van der Waals surface area contributed by atoms with E-state index < -0.39 is 0 Å². The molecule has 1 heterocycles. The van der Waals surface area contributed by atoms with Crippen LogP contribution in [0.25, 0.3) is 0 Å². The summed E-state index contributed by atoms with van der Waals surface area (Å²) in [6, 6.07) is 5.89. The molecule has 1 fully saturated rings. The van der Waals surface area contributed by atoms with Crippen LogP contribution in [0.3, 0.4) is 0 Å². The lowest BCUT2D eigenvalue weighted by atomic mass is 9.99. The third-order valence-electron chi connectivity index (χ3n) is 3.98. The van der Waals surface area contributed by atoms with Gasteiger partial charge in [-0.1, -0.05) is 24.6 Å². The first-order valence-electron chi connectivity index (χ1n) is 7.34. The number of carbonyl (C=O) groups excluding carboxylic acids is 1. The highest BCUT2D eigenvalue weighted by Crippen LogP contribution is 2.20. The van der Waals surface area contributed by atoms with Crippen LogP contribution in [-0.4, -0.2) is 30.4 Å². The molecule has 2 rings (SSSR count). The molecule has 0 aromatic heterocycles. The molecule has 0 saturated carbocycles. The van der Waals surface area contributed by atoms with Crippen molar-refractivity contribution in [3.8, 4) is 0 Å². The molecule has 20 heavy (non-hydrogen) atoms. The van der Waals surface area contributed by atoms with E-state index in [1.54, 1.807) is 0 Å². The summed E-state index contributed by atoms with van der Waals surface area (Å²) in [6.07, 6.45) is 2.80. The molecule has 0 radical (unpaired) electrons. The van der Waals surface area contributed by atoms with Crippen LogP contribution in [0.1, 0.15) is 31.7 Å². The number of piperidine rings is 1. The number of rotatable bonds is 4. The van der Waals surface area contributed by atoms with Crippen molar-refractivity contribution in [1.29, 1.82) is 0 Å². The number of aryl methyl sites for hydroxylation is 1. The molecule has 1 N–H and O–H groups in total. The van der Waals surface area contributed by atoms with Gasteiger partial charge in [0.25, 0.3) is 0 Å². The zero-order valence-corrected chi connectivity index (χ0v) is 13.0. The van der Waals surface area contributed by atoms with Crippen LogP contribution in [0.5, 0.6) is 0 Å². The molecule has 1 amide bonds. The Morgan fingerprint density at radius 2 is 2.10 bits per heavy atom. The maximum atomic E-state index is 12.1. The molecule has 3 nitrogen and oxygen atoms in total. The summed E-state index contributed by atoms with van der Waals surface area (Å²) in [4.78, 5) is 14.1. The van der Waals surface area contributed by atoms with Crippen molar-refractivity contribution in [1.82, 2.24) is 4.90 Å². The lowest BCUT2D eigenvalue weighted by molar-refractivity contribution is -0.132. The fourth-order valence-corrected chi connectivity index (χ4v) is 2.61. The minimum Gasteiger partial charge on any atom is -0.384 e. The van der Waals surface area contributed by atoms with Crippen molar-refractivity contribution in [2.75, 3.05) is 25.0 Å². The Kier molecular flexibility index (Phi) is 5.30. The van der Waals surface area contributed by atoms with Gasteiger partial charge in [0.15, 0.2) is 0 Å². The summed E-state index contributed by atoms with van der Waals surface area (Å²) in [6.45, 7) is 6.72. The summed E-state index contributed by atoms with van der Waals surface area (Å²) in [7, 11) is 0. The van der Waals surface area contributed by atoms with Gasteiger partial charge >= 0.3 is 0 Å². The zero-order valence-electron chi connectivity index (χ0n) is 12.3. The van der Waals surface area contributed by atoms with Gasteiger partial charge in [-0.25, -0.2) is 0 Å². The summed E-state index contributed by atoms with van der Waals surface area (Å²) < 4.78 is 0. The van der Waals surface area contributed by atoms with Crippen molar-refractivity contribution in [3.05, 3.63) is 28.8 Å². The third kappa shape index (κ3) is 4.14. The summed E-state index contributed by atoms with van der Waals surface area (Å²) in [5.74, 6) is 1.01. The molecule has 1 aliphatic heterocycles. The number of halogens is 1. The highest BCUT2D eigenvalue weighted by Gasteiger charge is 2.19. The molecule has 0 bridgehead atoms. The molecule has 110 valence electrons. The first-order valence-corrected chi connectivity index (χ1v) is 7.72. The topological polar surface area (TPSA) is 32.3 Å². The normalized spacial score (nSPS) is 16.2. The van der Waals surface area contributed by atoms with Crippen molar-refractivity contribution < 1.29 is 4.79 Å². The van der Waals surface area contributed by atoms with Crippen molar-refractivity contribution in [2.24, 2.45) is 5.92 Å². The van der Waals surface area contributed by atoms with E-state index >= 15 is 0 Å². The Morgan fingerprint density at radius 3 is 2.75 bits per heavy atom. The lowest BCUT2D eigenvalue weighted by Crippen LogP contribution is -2.38. The molecule has 0 atom stereocenters. The Morgan fingerprint density at radius 1 is 1.40 bits per heavy atom. The summed E-state index contributed by atoms with van der Waals surface area (Å²) in [5, 5.41) is 4.02. The molecule has 1 aliphatic rings. The van der Waals surface area contributed by atoms with Crippen molar-refractivity contribution in [2.45, 2.75) is 33.1 Å². The van der Waals surface area contributed by atoms with Gasteiger partial charge in [0, 0.05) is 36.8 Å². The largest absolute Gasteiger partial charge is 0.384 e. The second kappa shape index (κ2) is 6.98. The molecule has 0 aliphatic carbocycles. The number of amides is 1. The highest BCUT2D eigenvalue weighted by molar-refractivity contribution is 6.31. The fraction of sp³-hybridized carbons (Fsp3) is 0.562. The number of anilines is 1. The van der Waals surface area contributed by atoms with Gasteiger partial charge in [-0.15, -0.1) is 0 Å². The van der Waals surface area contributed by atoms with Crippen LogP contribution in [-0.2, 0) is 4.79 Å². The van der Waals surface area contributed by atoms with Crippen LogP contribution < -0.4 is 5.32 Å². The van der Waals surface area contributed by atoms with Gasteiger partial charge in [0.05, 0.1) is 0 Å². The minimum absolute atomic E-state index is 0.252. The molecule has 1 saturated heterocycles. The van der Waals surface area contributed by atoms with Gasteiger partial charge in [-0.3, -0.25) is 4.79 Å². The number of carbonyl (C=O) groups is 1. The molecule has 1 aromatic carbocycles. The second-order valence-corrected chi connectivity index (χ2v) is 6.11. The second-order valence-electron chi connectivity index (χ2n) is 5.70. The standard InChI is InChI=1S/C16H23ClN2O/c1-12-6-9-19(10-7-12)16(20)5-8-18-14-4-3-13(2)15(17)11-14/h3-4,11-12,18H,5-10H2,1-2H3.